The Hall–Kier alpha value is -2.31. The van der Waals surface area contributed by atoms with E-state index in [9.17, 15) is 23.4 Å². The smallest absolute Gasteiger partial charge is 0.416 e. The summed E-state index contributed by atoms with van der Waals surface area (Å²) >= 11 is 0. The Bertz CT molecular complexity index is 853. The molecule has 1 atom stereocenters. The molecule has 0 heterocycles. The van der Waals surface area contributed by atoms with Crippen LogP contribution in [0.3, 0.4) is 0 Å². The minimum atomic E-state index is -4.39. The molecule has 28 heavy (non-hydrogen) atoms. The molecule has 2 N–H and O–H groups in total. The molecule has 0 radical (unpaired) electrons. The first-order valence-electron chi connectivity index (χ1n) is 9.03. The van der Waals surface area contributed by atoms with Crippen LogP contribution in [0.5, 0.6) is 5.75 Å². The van der Waals surface area contributed by atoms with Crippen LogP contribution in [0.1, 0.15) is 48.6 Å². The van der Waals surface area contributed by atoms with E-state index in [1.54, 1.807) is 26.2 Å². The highest BCUT2D eigenvalue weighted by atomic mass is 19.4. The molecule has 152 valence electrons. The van der Waals surface area contributed by atoms with Crippen molar-refractivity contribution in [3.05, 3.63) is 64.4 Å². The predicted molar refractivity (Wildman–Crippen MR) is 103 cm³/mol. The Morgan fingerprint density at radius 2 is 1.79 bits per heavy atom. The molecular formula is C22H25F3O3. The summed E-state index contributed by atoms with van der Waals surface area (Å²) in [6.45, 7) is 6.97. The van der Waals surface area contributed by atoms with Gasteiger partial charge in [0.1, 0.15) is 11.9 Å². The highest BCUT2D eigenvalue weighted by Gasteiger charge is 2.30. The molecule has 0 aromatic heterocycles. The van der Waals surface area contributed by atoms with Crippen LogP contribution in [0.2, 0.25) is 0 Å². The molecule has 2 aromatic rings. The van der Waals surface area contributed by atoms with Crippen LogP contribution < -0.4 is 4.74 Å². The van der Waals surface area contributed by atoms with E-state index >= 15 is 0 Å². The molecule has 0 spiro atoms. The maximum atomic E-state index is 12.8. The molecule has 6 heteroatoms. The van der Waals surface area contributed by atoms with Crippen molar-refractivity contribution < 1.29 is 28.1 Å². The highest BCUT2D eigenvalue weighted by Crippen LogP contribution is 2.40. The SMILES string of the molecule is CC/C(C)=C/Oc1c(C)c(-c2ccc(C(F)(F)F)cc2)cc(C)c1C(O)CO. The molecule has 0 aliphatic heterocycles. The summed E-state index contributed by atoms with van der Waals surface area (Å²) in [5.41, 5.74) is 3.41. The third-order valence-electron chi connectivity index (χ3n) is 4.74. The number of aliphatic hydroxyl groups is 2. The summed E-state index contributed by atoms with van der Waals surface area (Å²) < 4.78 is 44.4. The highest BCUT2D eigenvalue weighted by molar-refractivity contribution is 5.73. The van der Waals surface area contributed by atoms with Gasteiger partial charge in [0, 0.05) is 5.56 Å². The Morgan fingerprint density at radius 3 is 2.29 bits per heavy atom. The van der Waals surface area contributed by atoms with Gasteiger partial charge in [-0.2, -0.15) is 13.2 Å². The fraction of sp³-hybridized carbons (Fsp3) is 0.364. The largest absolute Gasteiger partial charge is 0.464 e. The van der Waals surface area contributed by atoms with E-state index in [-0.39, 0.29) is 0 Å². The van der Waals surface area contributed by atoms with Gasteiger partial charge >= 0.3 is 6.18 Å². The molecule has 0 saturated heterocycles. The average Bonchev–Trinajstić information content (AvgIpc) is 2.66. The van der Waals surface area contributed by atoms with E-state index in [2.05, 4.69) is 0 Å². The number of aryl methyl sites for hydroxylation is 1. The second-order valence-electron chi connectivity index (χ2n) is 6.82. The Labute approximate surface area is 163 Å². The second kappa shape index (κ2) is 8.80. The van der Waals surface area contributed by atoms with Crippen molar-refractivity contribution in [3.8, 4) is 16.9 Å². The van der Waals surface area contributed by atoms with Crippen molar-refractivity contribution in [2.24, 2.45) is 0 Å². The number of ether oxygens (including phenoxy) is 1. The van der Waals surface area contributed by atoms with Gasteiger partial charge in [0.15, 0.2) is 0 Å². The zero-order chi connectivity index (χ0) is 21.1. The van der Waals surface area contributed by atoms with E-state index in [4.69, 9.17) is 4.74 Å². The molecule has 0 amide bonds. The van der Waals surface area contributed by atoms with E-state index in [1.807, 2.05) is 13.8 Å². The molecule has 3 nitrogen and oxygen atoms in total. The van der Waals surface area contributed by atoms with Crippen molar-refractivity contribution in [3.63, 3.8) is 0 Å². The zero-order valence-corrected chi connectivity index (χ0v) is 16.4. The number of alkyl halides is 3. The standard InChI is InChI=1S/C22H25F3O3/c1-5-13(2)12-28-21-15(4)18(10-14(3)20(21)19(27)11-26)16-6-8-17(9-7-16)22(23,24)25/h6-10,12,19,26-27H,5,11H2,1-4H3/b13-12+. The first-order chi connectivity index (χ1) is 13.1. The molecule has 2 rings (SSSR count). The Kier molecular flexibility index (Phi) is 6.91. The first-order valence-corrected chi connectivity index (χ1v) is 9.03. The lowest BCUT2D eigenvalue weighted by atomic mass is 9.91. The van der Waals surface area contributed by atoms with Crippen LogP contribution in [0, 0.1) is 13.8 Å². The van der Waals surface area contributed by atoms with Crippen molar-refractivity contribution in [2.75, 3.05) is 6.61 Å². The van der Waals surface area contributed by atoms with Crippen LogP contribution in [0.25, 0.3) is 11.1 Å². The van der Waals surface area contributed by atoms with Gasteiger partial charge in [0.25, 0.3) is 0 Å². The number of rotatable bonds is 6. The van der Waals surface area contributed by atoms with Crippen LogP contribution in [-0.4, -0.2) is 16.8 Å². The van der Waals surface area contributed by atoms with E-state index in [1.165, 1.54) is 12.1 Å². The number of hydrogen-bond acceptors (Lipinski definition) is 3. The third kappa shape index (κ3) is 4.75. The van der Waals surface area contributed by atoms with E-state index < -0.39 is 24.5 Å². The zero-order valence-electron chi connectivity index (χ0n) is 16.4. The van der Waals surface area contributed by atoms with Crippen LogP contribution >= 0.6 is 0 Å². The fourth-order valence-electron chi connectivity index (χ4n) is 2.94. The summed E-state index contributed by atoms with van der Waals surface area (Å²) in [7, 11) is 0. The first kappa shape index (κ1) is 22.0. The van der Waals surface area contributed by atoms with Crippen molar-refractivity contribution in [2.45, 2.75) is 46.4 Å². The summed E-state index contributed by atoms with van der Waals surface area (Å²) in [5.74, 6) is 0.407. The third-order valence-corrected chi connectivity index (χ3v) is 4.74. The van der Waals surface area contributed by atoms with Gasteiger partial charge < -0.3 is 14.9 Å². The second-order valence-corrected chi connectivity index (χ2v) is 6.82. The lowest BCUT2D eigenvalue weighted by Gasteiger charge is -2.21. The van der Waals surface area contributed by atoms with E-state index in [0.717, 1.165) is 24.1 Å². The molecular weight excluding hydrogens is 369 g/mol. The van der Waals surface area contributed by atoms with Crippen molar-refractivity contribution in [1.29, 1.82) is 0 Å². The quantitative estimate of drug-likeness (QED) is 0.617. The van der Waals surface area contributed by atoms with Crippen molar-refractivity contribution >= 4 is 0 Å². The average molecular weight is 394 g/mol. The van der Waals surface area contributed by atoms with Gasteiger partial charge in [-0.1, -0.05) is 25.1 Å². The summed E-state index contributed by atoms with van der Waals surface area (Å²) in [4.78, 5) is 0. The summed E-state index contributed by atoms with van der Waals surface area (Å²) in [6.07, 6.45) is -3.14. The van der Waals surface area contributed by atoms with Gasteiger partial charge in [-0.15, -0.1) is 0 Å². The molecule has 0 saturated carbocycles. The fourth-order valence-corrected chi connectivity index (χ4v) is 2.94. The summed E-state index contributed by atoms with van der Waals surface area (Å²) in [5, 5.41) is 19.7. The number of halogens is 3. The van der Waals surface area contributed by atoms with Gasteiger partial charge in [0.05, 0.1) is 18.4 Å². The number of hydrogen-bond donors (Lipinski definition) is 2. The van der Waals surface area contributed by atoms with Gasteiger partial charge in [-0.05, 0) is 67.2 Å². The lowest BCUT2D eigenvalue weighted by molar-refractivity contribution is -0.137. The maximum Gasteiger partial charge on any atom is 0.416 e. The molecule has 0 aliphatic rings. The van der Waals surface area contributed by atoms with Gasteiger partial charge in [-0.3, -0.25) is 0 Å². The van der Waals surface area contributed by atoms with Crippen LogP contribution in [0.15, 0.2) is 42.2 Å². The van der Waals surface area contributed by atoms with E-state index in [0.29, 0.717) is 33.6 Å². The maximum absolute atomic E-state index is 12.8. The molecule has 0 bridgehead atoms. The number of benzene rings is 2. The molecule has 2 aromatic carbocycles. The molecule has 0 fully saturated rings. The lowest BCUT2D eigenvalue weighted by Crippen LogP contribution is -2.09. The predicted octanol–water partition coefficient (Wildman–Crippen LogP) is 5.71. The normalized spacial score (nSPS) is 13.5. The van der Waals surface area contributed by atoms with Gasteiger partial charge in [-0.25, -0.2) is 0 Å². The molecule has 1 unspecified atom stereocenters. The molecule has 0 aliphatic carbocycles. The van der Waals surface area contributed by atoms with Gasteiger partial charge in [0.2, 0.25) is 0 Å². The Balaban J connectivity index is 2.62. The monoisotopic (exact) mass is 394 g/mol. The van der Waals surface area contributed by atoms with Crippen LogP contribution in [-0.2, 0) is 6.18 Å². The minimum absolute atomic E-state index is 0.407. The van der Waals surface area contributed by atoms with Crippen molar-refractivity contribution in [1.82, 2.24) is 0 Å². The summed E-state index contributed by atoms with van der Waals surface area (Å²) in [6, 6.07) is 6.72. The topological polar surface area (TPSA) is 49.7 Å². The number of allylic oxidation sites excluding steroid dienone is 1. The number of aliphatic hydroxyl groups excluding tert-OH is 2. The Morgan fingerprint density at radius 1 is 1.18 bits per heavy atom. The minimum Gasteiger partial charge on any atom is -0.464 e. The van der Waals surface area contributed by atoms with Crippen LogP contribution in [0.4, 0.5) is 13.2 Å².